The van der Waals surface area contributed by atoms with Crippen molar-refractivity contribution < 1.29 is 30.0 Å². The second kappa shape index (κ2) is 10.3. The molecule has 2 nitrogen and oxygen atoms in total. The van der Waals surface area contributed by atoms with Crippen LogP contribution in [0.25, 0.3) is 87.4 Å². The number of hydrogen-bond donors (Lipinski definition) is 0. The van der Waals surface area contributed by atoms with Gasteiger partial charge in [0.05, 0.1) is 0 Å². The monoisotopic (exact) mass is 719 g/mol. The normalized spacial score (nSPS) is 12.4. The van der Waals surface area contributed by atoms with Gasteiger partial charge in [0.25, 0.3) is 0 Å². The number of hydrogen-bond acceptors (Lipinski definition) is 3. The molecule has 1 aliphatic heterocycles. The second-order valence-electron chi connectivity index (χ2n) is 11.7. The van der Waals surface area contributed by atoms with Gasteiger partial charge < -0.3 is 0 Å². The molecule has 46 heavy (non-hydrogen) atoms. The molecule has 0 radical (unpaired) electrons. The third-order valence-electron chi connectivity index (χ3n) is 8.85. The van der Waals surface area contributed by atoms with Crippen LogP contribution in [0.15, 0.2) is 154 Å². The van der Waals surface area contributed by atoms with E-state index in [1.165, 1.54) is 46.4 Å². The fourth-order valence-corrected chi connectivity index (χ4v) is 11.8. The Balaban J connectivity index is 0.967. The summed E-state index contributed by atoms with van der Waals surface area (Å²) in [5, 5.41) is 3.67. The molecule has 0 saturated heterocycles. The van der Waals surface area contributed by atoms with Gasteiger partial charge in [-0.15, -0.1) is 0 Å². The van der Waals surface area contributed by atoms with E-state index in [1.54, 1.807) is 3.57 Å². The number of fused-ring (bicyclic) bond motifs is 7. The van der Waals surface area contributed by atoms with Crippen LogP contribution < -0.4 is 21.2 Å². The average Bonchev–Trinajstić information content (AvgIpc) is 3.89. The Morgan fingerprint density at radius 2 is 1.02 bits per heavy atom. The summed E-state index contributed by atoms with van der Waals surface area (Å²) in [4.78, 5) is 1.45. The van der Waals surface area contributed by atoms with E-state index in [0.717, 1.165) is 44.6 Å². The Morgan fingerprint density at radius 1 is 0.457 bits per heavy atom. The van der Waals surface area contributed by atoms with E-state index in [2.05, 4.69) is 115 Å². The van der Waals surface area contributed by atoms with Crippen molar-refractivity contribution in [1.29, 1.82) is 0 Å². The summed E-state index contributed by atoms with van der Waals surface area (Å²) in [6.45, 7) is 0. The van der Waals surface area contributed by atoms with Gasteiger partial charge in [-0.3, -0.25) is 0 Å². The first kappa shape index (κ1) is 26.3. The Kier molecular flexibility index (Phi) is 5.90. The van der Waals surface area contributed by atoms with Gasteiger partial charge in [-0.25, -0.2) is 0 Å². The van der Waals surface area contributed by atoms with Crippen LogP contribution in [0.1, 0.15) is 0 Å². The quantitative estimate of drug-likeness (QED) is 0.170. The maximum atomic E-state index is 6.17. The third kappa shape index (κ3) is 4.28. The van der Waals surface area contributed by atoms with E-state index in [-0.39, 0.29) is 21.2 Å². The number of rotatable bonds is 4. The standard InChI is InChI=1S/C42H24IO2S/c1-3-13-36-31(7-1)22-38(44-36)29-11-5-9-25(19-29)27-15-17-33-35(21-27)43-41-34-18-16-28(24-40(34)46-42(33)41)26-10-6-12-30(20-26)39-23-32-8-2-4-14-37(32)45-39/h1-24H/q-1. The molecule has 6 aromatic carbocycles. The minimum atomic E-state index is -0.269. The molecule has 4 heteroatoms. The van der Waals surface area contributed by atoms with Gasteiger partial charge in [-0.2, -0.15) is 0 Å². The molecule has 218 valence electrons. The molecule has 9 aromatic rings. The van der Waals surface area contributed by atoms with Crippen molar-refractivity contribution in [2.24, 2.45) is 0 Å². The molecule has 4 heterocycles. The molecule has 0 fully saturated rings. The average molecular weight is 720 g/mol. The van der Waals surface area contributed by atoms with Crippen LogP contribution in [-0.2, 0) is 0 Å². The zero-order valence-electron chi connectivity index (χ0n) is 24.5. The summed E-state index contributed by atoms with van der Waals surface area (Å²) in [5.74, 6) is 1.81. The Bertz CT molecular complexity index is 2570. The number of thiophene rings is 1. The molecule has 0 amide bonds. The van der Waals surface area contributed by atoms with Crippen molar-refractivity contribution >= 4 is 43.4 Å². The van der Waals surface area contributed by atoms with Crippen molar-refractivity contribution in [1.82, 2.24) is 0 Å². The van der Waals surface area contributed by atoms with Crippen molar-refractivity contribution in [2.45, 2.75) is 0 Å². The Hall–Kier alpha value is -4.91. The summed E-state index contributed by atoms with van der Waals surface area (Å²) >= 11 is 1.67. The van der Waals surface area contributed by atoms with Gasteiger partial charge >= 0.3 is 269 Å². The SMILES string of the molecule is c1cc(-c2ccc3c(c2)[I-]c2c-3sc3cc(-c4cccc(-c5cc6ccccc6o5)c4)ccc23)cc(-c2cc3ccccc3o2)c1. The molecule has 0 atom stereocenters. The zero-order chi connectivity index (χ0) is 30.2. The van der Waals surface area contributed by atoms with Gasteiger partial charge in [0.1, 0.15) is 0 Å². The van der Waals surface area contributed by atoms with Crippen LogP contribution in [0, 0.1) is 7.14 Å². The van der Waals surface area contributed by atoms with E-state index >= 15 is 0 Å². The van der Waals surface area contributed by atoms with Crippen LogP contribution in [0.2, 0.25) is 0 Å². The molecule has 0 unspecified atom stereocenters. The molecule has 0 spiro atoms. The van der Waals surface area contributed by atoms with Crippen molar-refractivity contribution in [2.75, 3.05) is 0 Å². The van der Waals surface area contributed by atoms with E-state index in [4.69, 9.17) is 8.83 Å². The van der Waals surface area contributed by atoms with Gasteiger partial charge in [-0.05, 0) is 0 Å². The number of halogens is 1. The first-order valence-corrected chi connectivity index (χ1v) is 18.3. The van der Waals surface area contributed by atoms with Gasteiger partial charge in [0, 0.05) is 0 Å². The molecule has 0 bridgehead atoms. The van der Waals surface area contributed by atoms with E-state index in [9.17, 15) is 0 Å². The van der Waals surface area contributed by atoms with Crippen LogP contribution >= 0.6 is 11.3 Å². The molecule has 0 saturated carbocycles. The van der Waals surface area contributed by atoms with Crippen LogP contribution in [-0.4, -0.2) is 0 Å². The first-order valence-electron chi connectivity index (χ1n) is 15.3. The molecule has 1 aliphatic rings. The van der Waals surface area contributed by atoms with Crippen molar-refractivity contribution in [3.63, 3.8) is 0 Å². The fraction of sp³-hybridized carbons (Fsp3) is 0. The molecule has 0 aliphatic carbocycles. The van der Waals surface area contributed by atoms with Gasteiger partial charge in [-0.1, -0.05) is 12.1 Å². The Labute approximate surface area is 279 Å². The second-order valence-corrected chi connectivity index (χ2v) is 15.5. The molecule has 3 aromatic heterocycles. The van der Waals surface area contributed by atoms with Crippen molar-refractivity contribution in [3.8, 4) is 55.3 Å². The van der Waals surface area contributed by atoms with E-state index in [0.29, 0.717) is 0 Å². The molecule has 0 N–H and O–H groups in total. The zero-order valence-corrected chi connectivity index (χ0v) is 27.4. The summed E-state index contributed by atoms with van der Waals surface area (Å²) in [7, 11) is 0. The Morgan fingerprint density at radius 3 is 1.67 bits per heavy atom. The number of benzene rings is 6. The minimum absolute atomic E-state index is 0.269. The summed E-state index contributed by atoms with van der Waals surface area (Å²) in [6.07, 6.45) is 0. The van der Waals surface area contributed by atoms with Gasteiger partial charge in [0.15, 0.2) is 0 Å². The predicted molar refractivity (Wildman–Crippen MR) is 186 cm³/mol. The van der Waals surface area contributed by atoms with Crippen LogP contribution in [0.5, 0.6) is 0 Å². The molecular formula is C42H24IO2S-. The molecule has 10 rings (SSSR count). The third-order valence-corrected chi connectivity index (χ3v) is 13.5. The topological polar surface area (TPSA) is 26.3 Å². The summed E-state index contributed by atoms with van der Waals surface area (Å²) < 4.78 is 16.8. The predicted octanol–water partition coefficient (Wildman–Crippen LogP) is 9.17. The van der Waals surface area contributed by atoms with Crippen LogP contribution in [0.3, 0.4) is 0 Å². The maximum absolute atomic E-state index is 6.17. The van der Waals surface area contributed by atoms with Crippen molar-refractivity contribution in [3.05, 3.63) is 153 Å². The van der Waals surface area contributed by atoms with Gasteiger partial charge in [0.2, 0.25) is 0 Å². The first-order chi connectivity index (χ1) is 22.7. The number of para-hydroxylation sites is 2. The van der Waals surface area contributed by atoms with E-state index in [1.807, 2.05) is 41.7 Å². The van der Waals surface area contributed by atoms with E-state index < -0.39 is 0 Å². The number of furan rings is 2. The van der Waals surface area contributed by atoms with Crippen LogP contribution in [0.4, 0.5) is 0 Å². The fourth-order valence-electron chi connectivity index (χ4n) is 6.52. The molecular weight excluding hydrogens is 695 g/mol. The summed E-state index contributed by atoms with van der Waals surface area (Å²) in [6, 6.07) is 52.1. The summed E-state index contributed by atoms with van der Waals surface area (Å²) in [5.41, 5.74) is 10.4.